The Labute approximate surface area is 124 Å². The lowest BCUT2D eigenvalue weighted by Gasteiger charge is -2.13. The third-order valence-corrected chi connectivity index (χ3v) is 3.07. The maximum atomic E-state index is 9.67. The largest absolute Gasteiger partial charge is 0.391 e. The highest BCUT2D eigenvalue weighted by Crippen LogP contribution is 2.21. The predicted octanol–water partition coefficient (Wildman–Crippen LogP) is 1.87. The molecule has 0 fully saturated rings. The minimum Gasteiger partial charge on any atom is -0.391 e. The van der Waals surface area contributed by atoms with Gasteiger partial charge in [0.1, 0.15) is 5.82 Å². The van der Waals surface area contributed by atoms with Gasteiger partial charge in [-0.3, -0.25) is 0 Å². The molecule has 0 aliphatic heterocycles. The number of aliphatic hydroxyl groups is 1. The summed E-state index contributed by atoms with van der Waals surface area (Å²) >= 11 is 0. The van der Waals surface area contributed by atoms with Crippen LogP contribution >= 0.6 is 0 Å². The lowest BCUT2D eigenvalue weighted by molar-refractivity contribution is 0.0615. The van der Waals surface area contributed by atoms with Crippen molar-refractivity contribution in [1.82, 2.24) is 9.97 Å². The van der Waals surface area contributed by atoms with Crippen LogP contribution in [-0.2, 0) is 4.74 Å². The Bertz CT molecular complexity index is 577. The molecule has 6 heteroatoms. The highest BCUT2D eigenvalue weighted by molar-refractivity contribution is 5.89. The fraction of sp³-hybridized carbons (Fsp3) is 0.467. The lowest BCUT2D eigenvalue weighted by atomic mass is 10.2. The van der Waals surface area contributed by atoms with E-state index in [1.807, 2.05) is 31.2 Å². The highest BCUT2D eigenvalue weighted by atomic mass is 16.5. The van der Waals surface area contributed by atoms with Gasteiger partial charge in [-0.2, -0.15) is 4.98 Å². The lowest BCUT2D eigenvalue weighted by Crippen LogP contribution is -2.19. The Hall–Kier alpha value is -1.92. The maximum Gasteiger partial charge on any atom is 0.225 e. The molecule has 0 aliphatic carbocycles. The van der Waals surface area contributed by atoms with Gasteiger partial charge >= 0.3 is 0 Å². The third-order valence-electron chi connectivity index (χ3n) is 3.07. The fourth-order valence-corrected chi connectivity index (χ4v) is 2.08. The van der Waals surface area contributed by atoms with Crippen LogP contribution in [0.5, 0.6) is 0 Å². The van der Waals surface area contributed by atoms with Gasteiger partial charge in [0.2, 0.25) is 5.95 Å². The quantitative estimate of drug-likeness (QED) is 0.689. The van der Waals surface area contributed by atoms with E-state index in [-0.39, 0.29) is 0 Å². The molecule has 1 heterocycles. The molecule has 2 aromatic rings. The molecule has 1 aromatic heterocycles. The second kappa shape index (κ2) is 7.75. The highest BCUT2D eigenvalue weighted by Gasteiger charge is 2.08. The summed E-state index contributed by atoms with van der Waals surface area (Å²) < 4.78 is 4.91. The van der Waals surface area contributed by atoms with Crippen molar-refractivity contribution in [2.45, 2.75) is 19.4 Å². The van der Waals surface area contributed by atoms with Gasteiger partial charge in [-0.1, -0.05) is 12.1 Å². The molecule has 1 unspecified atom stereocenters. The zero-order valence-corrected chi connectivity index (χ0v) is 12.5. The van der Waals surface area contributed by atoms with Crippen LogP contribution in [0.15, 0.2) is 24.3 Å². The molecule has 0 spiro atoms. The van der Waals surface area contributed by atoms with Gasteiger partial charge in [0.25, 0.3) is 0 Å². The fourth-order valence-electron chi connectivity index (χ4n) is 2.08. The summed E-state index contributed by atoms with van der Waals surface area (Å²) in [4.78, 5) is 8.95. The summed E-state index contributed by atoms with van der Waals surface area (Å²) in [5, 5.41) is 17.0. The first-order chi connectivity index (χ1) is 10.2. The number of fused-ring (bicyclic) bond motifs is 1. The molecule has 6 nitrogen and oxygen atoms in total. The van der Waals surface area contributed by atoms with Crippen LogP contribution in [0.25, 0.3) is 10.9 Å². The predicted molar refractivity (Wildman–Crippen MR) is 84.7 cm³/mol. The van der Waals surface area contributed by atoms with Gasteiger partial charge in [-0.05, 0) is 25.5 Å². The number of nitrogens with zero attached hydrogens (tertiary/aromatic N) is 2. The Morgan fingerprint density at radius 2 is 2.05 bits per heavy atom. The molecule has 0 bridgehead atoms. The van der Waals surface area contributed by atoms with Gasteiger partial charge < -0.3 is 20.5 Å². The van der Waals surface area contributed by atoms with Crippen LogP contribution in [0.1, 0.15) is 13.3 Å². The molecule has 0 aliphatic rings. The standard InChI is InChI=1S/C15H22N4O2/c1-3-16-15-18-13-7-5-4-6-12(13)14(19-15)17-9-8-11(20)10-21-2/h4-7,11,20H,3,8-10H2,1-2H3,(H2,16,17,18,19). The van der Waals surface area contributed by atoms with Gasteiger partial charge in [0, 0.05) is 25.6 Å². The van der Waals surface area contributed by atoms with E-state index in [2.05, 4.69) is 20.6 Å². The van der Waals surface area contributed by atoms with Gasteiger partial charge in [0.05, 0.1) is 18.2 Å². The summed E-state index contributed by atoms with van der Waals surface area (Å²) in [6, 6.07) is 7.86. The van der Waals surface area contributed by atoms with E-state index in [1.54, 1.807) is 7.11 Å². The molecule has 3 N–H and O–H groups in total. The molecular formula is C15H22N4O2. The molecule has 0 saturated carbocycles. The molecule has 2 rings (SSSR count). The molecule has 1 atom stereocenters. The van der Waals surface area contributed by atoms with Crippen molar-refractivity contribution in [2.24, 2.45) is 0 Å². The molecule has 21 heavy (non-hydrogen) atoms. The van der Waals surface area contributed by atoms with E-state index in [1.165, 1.54) is 0 Å². The van der Waals surface area contributed by atoms with Crippen LogP contribution in [0.2, 0.25) is 0 Å². The van der Waals surface area contributed by atoms with E-state index in [4.69, 9.17) is 4.74 Å². The molecular weight excluding hydrogens is 268 g/mol. The zero-order chi connectivity index (χ0) is 15.1. The SMILES string of the molecule is CCNc1nc(NCCC(O)COC)c2ccccc2n1. The van der Waals surface area contributed by atoms with Crippen molar-refractivity contribution in [1.29, 1.82) is 0 Å². The minimum atomic E-state index is -0.469. The summed E-state index contributed by atoms with van der Waals surface area (Å²) in [6.07, 6.45) is 0.131. The second-order valence-corrected chi connectivity index (χ2v) is 4.77. The number of hydrogen-bond donors (Lipinski definition) is 3. The number of aliphatic hydroxyl groups excluding tert-OH is 1. The number of benzene rings is 1. The van der Waals surface area contributed by atoms with Gasteiger partial charge in [-0.15, -0.1) is 0 Å². The van der Waals surface area contributed by atoms with Crippen LogP contribution < -0.4 is 10.6 Å². The Kier molecular flexibility index (Phi) is 5.71. The summed E-state index contributed by atoms with van der Waals surface area (Å²) in [5.74, 6) is 1.39. The van der Waals surface area contributed by atoms with Crippen LogP contribution in [0.4, 0.5) is 11.8 Å². The van der Waals surface area contributed by atoms with Crippen molar-refractivity contribution in [3.8, 4) is 0 Å². The molecule has 0 radical (unpaired) electrons. The minimum absolute atomic E-state index is 0.342. The average Bonchev–Trinajstić information content (AvgIpc) is 2.48. The Morgan fingerprint density at radius 3 is 2.81 bits per heavy atom. The van der Waals surface area contributed by atoms with E-state index >= 15 is 0 Å². The molecule has 1 aromatic carbocycles. The zero-order valence-electron chi connectivity index (χ0n) is 12.5. The number of ether oxygens (including phenoxy) is 1. The number of nitrogens with one attached hydrogen (secondary N) is 2. The smallest absolute Gasteiger partial charge is 0.225 e. The monoisotopic (exact) mass is 290 g/mol. The van der Waals surface area contributed by atoms with E-state index in [0.717, 1.165) is 23.3 Å². The van der Waals surface area contributed by atoms with E-state index in [0.29, 0.717) is 25.5 Å². The maximum absolute atomic E-state index is 9.67. The van der Waals surface area contributed by atoms with E-state index in [9.17, 15) is 5.11 Å². The van der Waals surface area contributed by atoms with Crippen molar-refractivity contribution in [3.63, 3.8) is 0 Å². The van der Waals surface area contributed by atoms with Crippen molar-refractivity contribution in [2.75, 3.05) is 37.4 Å². The normalized spacial score (nSPS) is 12.3. The van der Waals surface area contributed by atoms with Gasteiger partial charge in [0.15, 0.2) is 0 Å². The number of rotatable bonds is 8. The van der Waals surface area contributed by atoms with Crippen LogP contribution in [0, 0.1) is 0 Å². The topological polar surface area (TPSA) is 79.3 Å². The number of aromatic nitrogens is 2. The Balaban J connectivity index is 2.13. The van der Waals surface area contributed by atoms with Crippen molar-refractivity contribution < 1.29 is 9.84 Å². The summed E-state index contributed by atoms with van der Waals surface area (Å²) in [6.45, 7) is 3.74. The molecule has 0 amide bonds. The number of para-hydroxylation sites is 1. The molecule has 114 valence electrons. The average molecular weight is 290 g/mol. The van der Waals surface area contributed by atoms with Crippen molar-refractivity contribution >= 4 is 22.7 Å². The first kappa shape index (κ1) is 15.5. The number of methoxy groups -OCH3 is 1. The third kappa shape index (κ3) is 4.27. The van der Waals surface area contributed by atoms with Crippen molar-refractivity contribution in [3.05, 3.63) is 24.3 Å². The summed E-state index contributed by atoms with van der Waals surface area (Å²) in [5.41, 5.74) is 0.892. The second-order valence-electron chi connectivity index (χ2n) is 4.77. The molecule has 0 saturated heterocycles. The first-order valence-electron chi connectivity index (χ1n) is 7.16. The summed E-state index contributed by atoms with van der Waals surface area (Å²) in [7, 11) is 1.58. The Morgan fingerprint density at radius 1 is 1.24 bits per heavy atom. The van der Waals surface area contributed by atoms with Gasteiger partial charge in [-0.25, -0.2) is 4.98 Å². The van der Waals surface area contributed by atoms with Crippen LogP contribution in [0.3, 0.4) is 0 Å². The number of anilines is 2. The number of hydrogen-bond acceptors (Lipinski definition) is 6. The van der Waals surface area contributed by atoms with Crippen LogP contribution in [-0.4, -0.2) is 48.0 Å². The first-order valence-corrected chi connectivity index (χ1v) is 7.16. The van der Waals surface area contributed by atoms with E-state index < -0.39 is 6.10 Å².